The smallest absolute Gasteiger partial charge is 0.248 e. The number of amides is 1. The highest BCUT2D eigenvalue weighted by atomic mass is 16.5. The zero-order valence-electron chi connectivity index (χ0n) is 19.0. The van der Waals surface area contributed by atoms with Gasteiger partial charge in [-0.15, -0.1) is 0 Å². The Bertz CT molecular complexity index is 1420. The van der Waals surface area contributed by atoms with Crippen LogP contribution in [0.15, 0.2) is 82.0 Å². The molecule has 0 spiro atoms. The highest BCUT2D eigenvalue weighted by Gasteiger charge is 2.09. The third kappa shape index (κ3) is 4.94. The highest BCUT2D eigenvalue weighted by molar-refractivity contribution is 6.02. The van der Waals surface area contributed by atoms with Gasteiger partial charge in [0.25, 0.3) is 0 Å². The lowest BCUT2D eigenvalue weighted by atomic mass is 10.1. The molecule has 1 aromatic heterocycles. The zero-order valence-corrected chi connectivity index (χ0v) is 19.0. The molecule has 0 fully saturated rings. The van der Waals surface area contributed by atoms with Gasteiger partial charge in [-0.2, -0.15) is 0 Å². The Kier molecular flexibility index (Phi) is 6.64. The second kappa shape index (κ2) is 9.95. The number of anilines is 1. The molecule has 34 heavy (non-hydrogen) atoms. The van der Waals surface area contributed by atoms with Crippen LogP contribution >= 0.6 is 0 Å². The average Bonchev–Trinajstić information content (AvgIpc) is 2.87. The first kappa shape index (κ1) is 22.7. The van der Waals surface area contributed by atoms with Crippen molar-refractivity contribution in [2.45, 2.75) is 0 Å². The number of nitrogens with one attached hydrogen (secondary N) is 1. The molecule has 0 bridgehead atoms. The van der Waals surface area contributed by atoms with Crippen LogP contribution in [-0.4, -0.2) is 27.2 Å². The Morgan fingerprint density at radius 1 is 0.853 bits per heavy atom. The summed E-state index contributed by atoms with van der Waals surface area (Å²) in [7, 11) is 4.68. The fourth-order valence-corrected chi connectivity index (χ4v) is 3.44. The lowest BCUT2D eigenvalue weighted by Crippen LogP contribution is -2.07. The number of rotatable bonds is 7. The van der Waals surface area contributed by atoms with Crippen LogP contribution < -0.4 is 25.0 Å². The molecule has 0 aliphatic heterocycles. The number of ether oxygens (including phenoxy) is 3. The van der Waals surface area contributed by atoms with Crippen LogP contribution in [0.3, 0.4) is 0 Å². The zero-order chi connectivity index (χ0) is 24.1. The van der Waals surface area contributed by atoms with Gasteiger partial charge in [-0.3, -0.25) is 9.59 Å². The van der Waals surface area contributed by atoms with E-state index in [1.807, 2.05) is 0 Å². The maximum atomic E-state index is 12.5. The van der Waals surface area contributed by atoms with Gasteiger partial charge in [0.15, 0.2) is 5.43 Å². The molecule has 3 aromatic carbocycles. The van der Waals surface area contributed by atoms with Crippen LogP contribution in [0.1, 0.15) is 5.56 Å². The Morgan fingerprint density at radius 3 is 2.26 bits per heavy atom. The summed E-state index contributed by atoms with van der Waals surface area (Å²) >= 11 is 0. The Labute approximate surface area is 196 Å². The van der Waals surface area contributed by atoms with Crippen LogP contribution in [0.5, 0.6) is 17.2 Å². The number of methoxy groups -OCH3 is 3. The summed E-state index contributed by atoms with van der Waals surface area (Å²) in [5, 5.41) is 3.26. The monoisotopic (exact) mass is 457 g/mol. The molecule has 1 N–H and O–H groups in total. The van der Waals surface area contributed by atoms with Crippen LogP contribution in [0.2, 0.25) is 0 Å². The Hall–Kier alpha value is -4.52. The van der Waals surface area contributed by atoms with Crippen molar-refractivity contribution in [2.75, 3.05) is 26.6 Å². The number of hydrogen-bond acceptors (Lipinski definition) is 6. The number of hydrogen-bond donors (Lipinski definition) is 1. The summed E-state index contributed by atoms with van der Waals surface area (Å²) in [5.41, 5.74) is 2.34. The van der Waals surface area contributed by atoms with E-state index in [-0.39, 0.29) is 11.3 Å². The minimum absolute atomic E-state index is 0.161. The second-order valence-corrected chi connectivity index (χ2v) is 7.34. The van der Waals surface area contributed by atoms with Crippen LogP contribution in [-0.2, 0) is 4.79 Å². The van der Waals surface area contributed by atoms with Crippen molar-refractivity contribution in [3.8, 4) is 28.6 Å². The van der Waals surface area contributed by atoms with Crippen molar-refractivity contribution in [3.05, 3.63) is 88.6 Å². The molecule has 1 amide bonds. The van der Waals surface area contributed by atoms with E-state index in [1.54, 1.807) is 88.1 Å². The van der Waals surface area contributed by atoms with Crippen molar-refractivity contribution < 1.29 is 23.4 Å². The first-order chi connectivity index (χ1) is 16.5. The van der Waals surface area contributed by atoms with Crippen molar-refractivity contribution >= 4 is 28.6 Å². The maximum absolute atomic E-state index is 12.5. The van der Waals surface area contributed by atoms with Crippen molar-refractivity contribution in [3.63, 3.8) is 0 Å². The lowest BCUT2D eigenvalue weighted by Gasteiger charge is -2.08. The van der Waals surface area contributed by atoms with Gasteiger partial charge >= 0.3 is 0 Å². The minimum Gasteiger partial charge on any atom is -0.497 e. The molecule has 4 aromatic rings. The fourth-order valence-electron chi connectivity index (χ4n) is 3.44. The minimum atomic E-state index is -0.302. The molecule has 7 heteroatoms. The van der Waals surface area contributed by atoms with E-state index in [9.17, 15) is 9.59 Å². The number of carbonyl (C=O) groups is 1. The SMILES string of the molecule is COc1ccc(OC)c(/C=C/C(=O)Nc2ccc(-c3cc(=O)c4cc(OC)ccc4o3)cc2)c1. The van der Waals surface area contributed by atoms with Gasteiger partial charge in [-0.05, 0) is 66.7 Å². The van der Waals surface area contributed by atoms with Gasteiger partial charge in [0.1, 0.15) is 28.6 Å². The molecule has 0 unspecified atom stereocenters. The van der Waals surface area contributed by atoms with Gasteiger partial charge in [-0.25, -0.2) is 0 Å². The Morgan fingerprint density at radius 2 is 1.56 bits per heavy atom. The largest absolute Gasteiger partial charge is 0.497 e. The third-order valence-electron chi connectivity index (χ3n) is 5.22. The van der Waals surface area contributed by atoms with Gasteiger partial charge < -0.3 is 23.9 Å². The van der Waals surface area contributed by atoms with Gasteiger partial charge in [0.05, 0.1) is 26.7 Å². The summed E-state index contributed by atoms with van der Waals surface area (Å²) < 4.78 is 21.6. The molecule has 0 aliphatic carbocycles. The summed E-state index contributed by atoms with van der Waals surface area (Å²) in [6.45, 7) is 0. The highest BCUT2D eigenvalue weighted by Crippen LogP contribution is 2.27. The fraction of sp³-hybridized carbons (Fsp3) is 0.111. The third-order valence-corrected chi connectivity index (χ3v) is 5.22. The van der Waals surface area contributed by atoms with E-state index < -0.39 is 0 Å². The van der Waals surface area contributed by atoms with Crippen molar-refractivity contribution in [1.29, 1.82) is 0 Å². The normalized spacial score (nSPS) is 10.9. The molecule has 0 radical (unpaired) electrons. The quantitative estimate of drug-likeness (QED) is 0.387. The van der Waals surface area contributed by atoms with E-state index in [0.717, 1.165) is 5.56 Å². The standard InChI is InChI=1S/C27H23NO6/c1-31-20-9-11-24(33-3)18(14-20)6-13-27(30)28-19-7-4-17(5-8-19)26-16-23(29)22-15-21(32-2)10-12-25(22)34-26/h4-16H,1-3H3,(H,28,30)/b13-6+. The van der Waals surface area contributed by atoms with Gasteiger partial charge in [-0.1, -0.05) is 0 Å². The van der Waals surface area contributed by atoms with E-state index in [0.29, 0.717) is 45.2 Å². The van der Waals surface area contributed by atoms with Crippen LogP contribution in [0.25, 0.3) is 28.4 Å². The van der Waals surface area contributed by atoms with E-state index in [4.69, 9.17) is 18.6 Å². The van der Waals surface area contributed by atoms with E-state index in [1.165, 1.54) is 12.1 Å². The molecular formula is C27H23NO6. The molecule has 0 aliphatic rings. The summed E-state index contributed by atoms with van der Waals surface area (Å²) in [6.07, 6.45) is 3.08. The van der Waals surface area contributed by atoms with Crippen molar-refractivity contribution in [1.82, 2.24) is 0 Å². The Balaban J connectivity index is 1.49. The number of fused-ring (bicyclic) bond motifs is 1. The van der Waals surface area contributed by atoms with Crippen LogP contribution in [0.4, 0.5) is 5.69 Å². The maximum Gasteiger partial charge on any atom is 0.248 e. The lowest BCUT2D eigenvalue weighted by molar-refractivity contribution is -0.111. The number of benzene rings is 3. The first-order valence-corrected chi connectivity index (χ1v) is 10.4. The van der Waals surface area contributed by atoms with E-state index in [2.05, 4.69) is 5.32 Å². The molecule has 4 rings (SSSR count). The molecular weight excluding hydrogens is 434 g/mol. The summed E-state index contributed by atoms with van der Waals surface area (Å²) in [4.78, 5) is 24.9. The van der Waals surface area contributed by atoms with E-state index >= 15 is 0 Å². The number of carbonyl (C=O) groups excluding carboxylic acids is 1. The molecule has 0 atom stereocenters. The first-order valence-electron chi connectivity index (χ1n) is 10.4. The van der Waals surface area contributed by atoms with Crippen LogP contribution in [0, 0.1) is 0 Å². The topological polar surface area (TPSA) is 87.0 Å². The van der Waals surface area contributed by atoms with Gasteiger partial charge in [0.2, 0.25) is 5.91 Å². The molecule has 172 valence electrons. The van der Waals surface area contributed by atoms with Gasteiger partial charge in [0, 0.05) is 29.0 Å². The molecule has 0 saturated carbocycles. The average molecular weight is 457 g/mol. The predicted octanol–water partition coefficient (Wildman–Crippen LogP) is 5.14. The molecule has 1 heterocycles. The summed E-state index contributed by atoms with van der Waals surface area (Å²) in [5.74, 6) is 2.02. The predicted molar refractivity (Wildman–Crippen MR) is 132 cm³/mol. The summed E-state index contributed by atoms with van der Waals surface area (Å²) in [6, 6.07) is 18.9. The molecule has 7 nitrogen and oxygen atoms in total. The van der Waals surface area contributed by atoms with Crippen molar-refractivity contribution in [2.24, 2.45) is 0 Å². The second-order valence-electron chi connectivity index (χ2n) is 7.34. The molecule has 0 saturated heterocycles.